The molecule has 12 nitrogen and oxygen atoms in total. The highest BCUT2D eigenvalue weighted by Crippen LogP contribution is 2.30. The molecule has 0 amide bonds. The summed E-state index contributed by atoms with van der Waals surface area (Å²) < 4.78 is 44.2. The third kappa shape index (κ3) is 9.57. The molecule has 1 aliphatic heterocycles. The Morgan fingerprint density at radius 2 is 1.69 bits per heavy atom. The standard InChI is InChI=1S/C15H27NO11S2/c1-25-11(18)7-5-3-2-4-6-10(16-27-29(22,23)24)28-15-14(21)13(20)12(19)9(8-17)26-15/h9,12-15,17,19-21H,2-8H2,1H3,(H,22,23,24)/b16-10-/t9-,12-,13+,14-,15+/m1/s1. The number of rotatable bonds is 11. The van der Waals surface area contributed by atoms with Crippen molar-refractivity contribution in [1.29, 1.82) is 0 Å². The molecule has 1 aliphatic rings. The van der Waals surface area contributed by atoms with Crippen molar-refractivity contribution in [2.75, 3.05) is 13.7 Å². The van der Waals surface area contributed by atoms with E-state index in [1.165, 1.54) is 7.11 Å². The van der Waals surface area contributed by atoms with Crippen molar-refractivity contribution < 1.29 is 51.9 Å². The average Bonchev–Trinajstić information content (AvgIpc) is 2.67. The number of hydrogen-bond acceptors (Lipinski definition) is 12. The summed E-state index contributed by atoms with van der Waals surface area (Å²) in [6.07, 6.45) is -2.85. The van der Waals surface area contributed by atoms with Crippen molar-refractivity contribution in [3.63, 3.8) is 0 Å². The quantitative estimate of drug-likeness (QED) is 0.0641. The highest BCUT2D eigenvalue weighted by atomic mass is 32.3. The number of esters is 1. The maximum Gasteiger partial charge on any atom is 0.466 e. The molecule has 29 heavy (non-hydrogen) atoms. The minimum atomic E-state index is -4.85. The zero-order chi connectivity index (χ0) is 22.0. The minimum Gasteiger partial charge on any atom is -0.469 e. The van der Waals surface area contributed by atoms with E-state index in [1.807, 2.05) is 0 Å². The van der Waals surface area contributed by atoms with Crippen LogP contribution in [-0.2, 0) is 29.0 Å². The predicted octanol–water partition coefficient (Wildman–Crippen LogP) is -0.834. The van der Waals surface area contributed by atoms with Gasteiger partial charge in [-0.25, -0.2) is 4.28 Å². The van der Waals surface area contributed by atoms with Gasteiger partial charge in [0.05, 0.1) is 13.7 Å². The Morgan fingerprint density at radius 3 is 2.24 bits per heavy atom. The first-order valence-corrected chi connectivity index (χ1v) is 11.1. The van der Waals surface area contributed by atoms with Gasteiger partial charge in [0.1, 0.15) is 34.9 Å². The number of carbonyl (C=O) groups excluding carboxylic acids is 1. The lowest BCUT2D eigenvalue weighted by Gasteiger charge is -2.39. The van der Waals surface area contributed by atoms with Crippen LogP contribution in [0.5, 0.6) is 0 Å². The molecule has 5 N–H and O–H groups in total. The predicted molar refractivity (Wildman–Crippen MR) is 101 cm³/mol. The molecule has 14 heteroatoms. The van der Waals surface area contributed by atoms with E-state index in [0.29, 0.717) is 25.7 Å². The number of methoxy groups -OCH3 is 1. The first-order valence-electron chi connectivity index (χ1n) is 8.86. The van der Waals surface area contributed by atoms with Crippen molar-refractivity contribution in [3.8, 4) is 0 Å². The van der Waals surface area contributed by atoms with Crippen molar-refractivity contribution >= 4 is 33.2 Å². The van der Waals surface area contributed by atoms with E-state index in [2.05, 4.69) is 14.2 Å². The number of nitrogens with zero attached hydrogens (tertiary/aromatic N) is 1. The molecule has 1 rings (SSSR count). The van der Waals surface area contributed by atoms with Gasteiger partial charge in [-0.3, -0.25) is 9.35 Å². The van der Waals surface area contributed by atoms with E-state index in [4.69, 9.17) is 9.29 Å². The Hall–Kier alpha value is -1.00. The van der Waals surface area contributed by atoms with E-state index >= 15 is 0 Å². The maximum absolute atomic E-state index is 11.0. The van der Waals surface area contributed by atoms with Crippen LogP contribution in [0.3, 0.4) is 0 Å². The Kier molecular flexibility index (Phi) is 11.3. The van der Waals surface area contributed by atoms with Gasteiger partial charge in [0.25, 0.3) is 0 Å². The van der Waals surface area contributed by atoms with Crippen molar-refractivity contribution in [3.05, 3.63) is 0 Å². The Bertz CT molecular complexity index is 640. The largest absolute Gasteiger partial charge is 0.469 e. The van der Waals surface area contributed by atoms with Crippen LogP contribution in [0.15, 0.2) is 5.16 Å². The second-order valence-electron chi connectivity index (χ2n) is 6.29. The van der Waals surface area contributed by atoms with Crippen LogP contribution < -0.4 is 0 Å². The van der Waals surface area contributed by atoms with Crippen LogP contribution in [0.1, 0.15) is 38.5 Å². The third-order valence-electron chi connectivity index (χ3n) is 4.08. The van der Waals surface area contributed by atoms with Crippen LogP contribution in [0.25, 0.3) is 0 Å². The Labute approximate surface area is 172 Å². The molecule has 0 spiro atoms. The molecule has 0 aromatic carbocycles. The van der Waals surface area contributed by atoms with Crippen LogP contribution >= 0.6 is 11.8 Å². The molecule has 0 saturated carbocycles. The van der Waals surface area contributed by atoms with Gasteiger partial charge in [0, 0.05) is 6.42 Å². The topological polar surface area (TPSA) is 192 Å². The van der Waals surface area contributed by atoms with Crippen molar-refractivity contribution in [2.24, 2.45) is 5.16 Å². The first kappa shape index (κ1) is 26.0. The number of unbranched alkanes of at least 4 members (excludes halogenated alkanes) is 3. The van der Waals surface area contributed by atoms with E-state index < -0.39 is 46.9 Å². The fourth-order valence-electron chi connectivity index (χ4n) is 2.51. The molecule has 170 valence electrons. The zero-order valence-corrected chi connectivity index (χ0v) is 17.4. The van der Waals surface area contributed by atoms with Crippen LogP contribution in [0.4, 0.5) is 0 Å². The number of hydrogen-bond donors (Lipinski definition) is 5. The summed E-state index contributed by atoms with van der Waals surface area (Å²) in [4.78, 5) is 11.0. The molecule has 0 unspecified atom stereocenters. The monoisotopic (exact) mass is 461 g/mol. The van der Waals surface area contributed by atoms with Crippen LogP contribution in [0.2, 0.25) is 0 Å². The summed E-state index contributed by atoms with van der Waals surface area (Å²) in [6.45, 7) is -0.615. The van der Waals surface area contributed by atoms with Crippen LogP contribution in [0, 0.1) is 0 Å². The molecule has 0 aromatic rings. The molecule has 0 bridgehead atoms. The molecule has 1 fully saturated rings. The number of aliphatic hydroxyl groups is 4. The fourth-order valence-corrected chi connectivity index (χ4v) is 3.86. The lowest BCUT2D eigenvalue weighted by atomic mass is 10.0. The molecule has 0 aromatic heterocycles. The summed E-state index contributed by atoms with van der Waals surface area (Å²) in [5.41, 5.74) is -1.17. The highest BCUT2D eigenvalue weighted by Gasteiger charge is 2.44. The maximum atomic E-state index is 11.0. The number of oxime groups is 1. The second-order valence-corrected chi connectivity index (χ2v) is 8.47. The van der Waals surface area contributed by atoms with E-state index in [0.717, 1.165) is 11.8 Å². The Balaban J connectivity index is 2.66. The highest BCUT2D eigenvalue weighted by molar-refractivity contribution is 8.14. The lowest BCUT2D eigenvalue weighted by molar-refractivity contribution is -0.205. The van der Waals surface area contributed by atoms with Gasteiger partial charge in [0.15, 0.2) is 0 Å². The van der Waals surface area contributed by atoms with Crippen LogP contribution in [-0.4, -0.2) is 88.0 Å². The minimum absolute atomic E-state index is 0.0416. The second kappa shape index (κ2) is 12.6. The molecule has 1 saturated heterocycles. The lowest BCUT2D eigenvalue weighted by Crippen LogP contribution is -2.57. The van der Waals surface area contributed by atoms with Gasteiger partial charge in [0.2, 0.25) is 0 Å². The van der Waals surface area contributed by atoms with Gasteiger partial charge < -0.3 is 29.9 Å². The van der Waals surface area contributed by atoms with Crippen molar-refractivity contribution in [2.45, 2.75) is 68.4 Å². The number of carbonyl (C=O) groups is 1. The van der Waals surface area contributed by atoms with Gasteiger partial charge in [-0.1, -0.05) is 29.8 Å². The number of aliphatic hydroxyl groups excluding tert-OH is 4. The van der Waals surface area contributed by atoms with E-state index in [1.54, 1.807) is 0 Å². The number of thioether (sulfide) groups is 1. The van der Waals surface area contributed by atoms with E-state index in [9.17, 15) is 33.6 Å². The molecular weight excluding hydrogens is 434 g/mol. The molecule has 5 atom stereocenters. The molecular formula is C15H27NO11S2. The molecule has 1 heterocycles. The molecule has 0 aliphatic carbocycles. The first-order chi connectivity index (χ1) is 13.6. The smallest absolute Gasteiger partial charge is 0.466 e. The summed E-state index contributed by atoms with van der Waals surface area (Å²) in [6, 6.07) is 0. The van der Waals surface area contributed by atoms with Gasteiger partial charge in [-0.15, -0.1) is 0 Å². The molecule has 0 radical (unpaired) electrons. The summed E-state index contributed by atoms with van der Waals surface area (Å²) >= 11 is 0.733. The SMILES string of the molecule is COC(=O)CCCCCC/C(=N/OS(=O)(=O)O)S[C@@H]1O[C@H](CO)[C@@H](O)[C@H](O)[C@H]1O. The number of ether oxygens (including phenoxy) is 2. The van der Waals surface area contributed by atoms with Gasteiger partial charge >= 0.3 is 16.4 Å². The van der Waals surface area contributed by atoms with Gasteiger partial charge in [-0.05, 0) is 19.3 Å². The summed E-state index contributed by atoms with van der Waals surface area (Å²) in [5.74, 6) is -0.313. The summed E-state index contributed by atoms with van der Waals surface area (Å²) in [7, 11) is -3.54. The normalized spacial score (nSPS) is 28.2. The third-order valence-corrected chi connectivity index (χ3v) is 5.52. The Morgan fingerprint density at radius 1 is 1.07 bits per heavy atom. The van der Waals surface area contributed by atoms with Crippen molar-refractivity contribution in [1.82, 2.24) is 0 Å². The fraction of sp³-hybridized carbons (Fsp3) is 0.867. The zero-order valence-electron chi connectivity index (χ0n) is 15.8. The average molecular weight is 462 g/mol. The van der Waals surface area contributed by atoms with E-state index in [-0.39, 0.29) is 23.9 Å². The van der Waals surface area contributed by atoms with Gasteiger partial charge in [-0.2, -0.15) is 8.42 Å². The summed E-state index contributed by atoms with van der Waals surface area (Å²) in [5, 5.41) is 42.3.